The largest absolute Gasteiger partial charge is 0.490 e. The van der Waals surface area contributed by atoms with Crippen molar-refractivity contribution < 1.29 is 24.3 Å². The molecule has 1 aliphatic rings. The molecule has 0 aromatic heterocycles. The zero-order chi connectivity index (χ0) is 17.5. The molecule has 5 nitrogen and oxygen atoms in total. The van der Waals surface area contributed by atoms with E-state index in [4.69, 9.17) is 9.47 Å². The Kier molecular flexibility index (Phi) is 7.06. The minimum Gasteiger partial charge on any atom is -0.490 e. The Balaban J connectivity index is 1.80. The molecule has 1 saturated heterocycles. The lowest BCUT2D eigenvalue weighted by atomic mass is 9.98. The molecule has 0 bridgehead atoms. The molecule has 0 aliphatic carbocycles. The van der Waals surface area contributed by atoms with Crippen molar-refractivity contribution in [2.24, 2.45) is 5.92 Å². The second-order valence-electron chi connectivity index (χ2n) is 6.66. The summed E-state index contributed by atoms with van der Waals surface area (Å²) in [5.74, 6) is 0.684. The number of esters is 1. The van der Waals surface area contributed by atoms with Gasteiger partial charge in [0.2, 0.25) is 0 Å². The highest BCUT2D eigenvalue weighted by atomic mass is 16.5. The summed E-state index contributed by atoms with van der Waals surface area (Å²) >= 11 is 0. The summed E-state index contributed by atoms with van der Waals surface area (Å²) in [6.07, 6.45) is 1.33. The van der Waals surface area contributed by atoms with Gasteiger partial charge in [0.15, 0.2) is 0 Å². The molecule has 1 fully saturated rings. The maximum atomic E-state index is 11.9. The molecule has 1 heterocycles. The van der Waals surface area contributed by atoms with E-state index in [0.29, 0.717) is 13.2 Å². The molecule has 1 aliphatic heterocycles. The zero-order valence-corrected chi connectivity index (χ0v) is 15.0. The van der Waals surface area contributed by atoms with Crippen LogP contribution in [0, 0.1) is 19.8 Å². The Labute approximate surface area is 144 Å². The number of aliphatic hydroxyl groups excluding tert-OH is 1. The zero-order valence-electron chi connectivity index (χ0n) is 15.0. The van der Waals surface area contributed by atoms with Crippen LogP contribution in [0.5, 0.6) is 5.75 Å². The average Bonchev–Trinajstić information content (AvgIpc) is 2.56. The van der Waals surface area contributed by atoms with Crippen LogP contribution in [-0.2, 0) is 9.53 Å². The Hall–Kier alpha value is -1.59. The maximum Gasteiger partial charge on any atom is 0.314 e. The SMILES string of the molecule is CCOC(=O)[C@H]1CCC[NH+](C[C@H](O)COc2cccc(C)c2C)C1. The first-order chi connectivity index (χ1) is 11.5. The number of ether oxygens (including phenoxy) is 2. The van der Waals surface area contributed by atoms with Gasteiger partial charge >= 0.3 is 5.97 Å². The van der Waals surface area contributed by atoms with Crippen LogP contribution in [0.25, 0.3) is 0 Å². The molecule has 24 heavy (non-hydrogen) atoms. The number of aliphatic hydroxyl groups is 1. The topological polar surface area (TPSA) is 60.2 Å². The first-order valence-electron chi connectivity index (χ1n) is 8.88. The maximum absolute atomic E-state index is 11.9. The summed E-state index contributed by atoms with van der Waals surface area (Å²) in [6.45, 7) is 8.92. The second-order valence-corrected chi connectivity index (χ2v) is 6.66. The fourth-order valence-electron chi connectivity index (χ4n) is 3.26. The Morgan fingerprint density at radius 1 is 1.42 bits per heavy atom. The molecule has 0 amide bonds. The van der Waals surface area contributed by atoms with Crippen molar-refractivity contribution >= 4 is 5.97 Å². The Bertz CT molecular complexity index is 546. The number of hydrogen-bond donors (Lipinski definition) is 2. The molecule has 1 aromatic rings. The van der Waals surface area contributed by atoms with E-state index in [-0.39, 0.29) is 18.5 Å². The molecule has 0 radical (unpaired) electrons. The highest BCUT2D eigenvalue weighted by molar-refractivity contribution is 5.72. The van der Waals surface area contributed by atoms with Crippen LogP contribution in [-0.4, -0.2) is 50.0 Å². The standard InChI is InChI=1S/C19H29NO4/c1-4-23-19(22)16-8-6-10-20(11-16)12-17(21)13-24-18-9-5-7-14(2)15(18)3/h5,7,9,16-17,21H,4,6,8,10-13H2,1-3H3/p+1/t16-,17-/m0/s1. The van der Waals surface area contributed by atoms with Crippen LogP contribution in [0.1, 0.15) is 30.9 Å². The summed E-state index contributed by atoms with van der Waals surface area (Å²) < 4.78 is 10.9. The molecule has 5 heteroatoms. The normalized spacial score (nSPS) is 22.0. The first kappa shape index (κ1) is 18.7. The smallest absolute Gasteiger partial charge is 0.314 e. The molecule has 1 aromatic carbocycles. The lowest BCUT2D eigenvalue weighted by Crippen LogP contribution is -3.15. The van der Waals surface area contributed by atoms with E-state index in [0.717, 1.165) is 37.2 Å². The van der Waals surface area contributed by atoms with E-state index in [1.54, 1.807) is 0 Å². The van der Waals surface area contributed by atoms with Crippen molar-refractivity contribution in [2.75, 3.05) is 32.8 Å². The molecule has 2 N–H and O–H groups in total. The fraction of sp³-hybridized carbons (Fsp3) is 0.632. The number of nitrogens with one attached hydrogen (secondary N) is 1. The van der Waals surface area contributed by atoms with Gasteiger partial charge < -0.3 is 19.5 Å². The predicted octanol–water partition coefficient (Wildman–Crippen LogP) is 0.901. The van der Waals surface area contributed by atoms with Crippen molar-refractivity contribution in [3.8, 4) is 5.75 Å². The number of quaternary nitrogens is 1. The van der Waals surface area contributed by atoms with Gasteiger partial charge in [0, 0.05) is 0 Å². The summed E-state index contributed by atoms with van der Waals surface area (Å²) in [7, 11) is 0. The van der Waals surface area contributed by atoms with Gasteiger partial charge in [-0.3, -0.25) is 4.79 Å². The number of likely N-dealkylation sites (tertiary alicyclic amines) is 1. The van der Waals surface area contributed by atoms with E-state index in [1.165, 1.54) is 10.5 Å². The van der Waals surface area contributed by atoms with E-state index in [2.05, 4.69) is 0 Å². The summed E-state index contributed by atoms with van der Waals surface area (Å²) in [5, 5.41) is 10.3. The third kappa shape index (κ3) is 5.21. The van der Waals surface area contributed by atoms with Gasteiger partial charge in [-0.1, -0.05) is 12.1 Å². The van der Waals surface area contributed by atoms with Gasteiger partial charge in [-0.15, -0.1) is 0 Å². The number of carbonyl (C=O) groups is 1. The van der Waals surface area contributed by atoms with Crippen molar-refractivity contribution in [3.63, 3.8) is 0 Å². The van der Waals surface area contributed by atoms with Crippen LogP contribution in [0.2, 0.25) is 0 Å². The molecule has 3 atom stereocenters. The quantitative estimate of drug-likeness (QED) is 0.727. The number of carbonyl (C=O) groups excluding carboxylic acids is 1. The van der Waals surface area contributed by atoms with E-state index >= 15 is 0 Å². The third-order valence-electron chi connectivity index (χ3n) is 4.75. The average molecular weight is 336 g/mol. The lowest BCUT2D eigenvalue weighted by molar-refractivity contribution is -0.910. The number of hydrogen-bond acceptors (Lipinski definition) is 4. The molecule has 0 spiro atoms. The lowest BCUT2D eigenvalue weighted by Gasteiger charge is -2.30. The molecule has 134 valence electrons. The highest BCUT2D eigenvalue weighted by Gasteiger charge is 2.30. The first-order valence-corrected chi connectivity index (χ1v) is 8.88. The summed E-state index contributed by atoms with van der Waals surface area (Å²) in [4.78, 5) is 13.1. The van der Waals surface area contributed by atoms with E-state index in [9.17, 15) is 9.90 Å². The number of piperidine rings is 1. The molecular formula is C19H30NO4+. The second kappa shape index (κ2) is 9.04. The third-order valence-corrected chi connectivity index (χ3v) is 4.75. The van der Waals surface area contributed by atoms with Crippen LogP contribution in [0.4, 0.5) is 0 Å². The fourth-order valence-corrected chi connectivity index (χ4v) is 3.26. The number of aryl methyl sites for hydroxylation is 1. The number of rotatable bonds is 7. The van der Waals surface area contributed by atoms with Crippen molar-refractivity contribution in [1.82, 2.24) is 0 Å². The predicted molar refractivity (Wildman–Crippen MR) is 92.3 cm³/mol. The highest BCUT2D eigenvalue weighted by Crippen LogP contribution is 2.20. The minimum atomic E-state index is -0.541. The molecule has 1 unspecified atom stereocenters. The Morgan fingerprint density at radius 2 is 2.21 bits per heavy atom. The molecule has 0 saturated carbocycles. The monoisotopic (exact) mass is 336 g/mol. The van der Waals surface area contributed by atoms with Gasteiger partial charge in [0.1, 0.15) is 30.9 Å². The van der Waals surface area contributed by atoms with E-state index in [1.807, 2.05) is 39.0 Å². The van der Waals surface area contributed by atoms with Gasteiger partial charge in [0.05, 0.1) is 19.7 Å². The van der Waals surface area contributed by atoms with Crippen LogP contribution < -0.4 is 9.64 Å². The minimum absolute atomic E-state index is 0.0409. The van der Waals surface area contributed by atoms with Gasteiger partial charge in [0.25, 0.3) is 0 Å². The van der Waals surface area contributed by atoms with Crippen LogP contribution in [0.15, 0.2) is 18.2 Å². The Morgan fingerprint density at radius 3 is 2.96 bits per heavy atom. The van der Waals surface area contributed by atoms with E-state index < -0.39 is 6.10 Å². The number of benzene rings is 1. The van der Waals surface area contributed by atoms with Gasteiger partial charge in [-0.05, 0) is 50.8 Å². The summed E-state index contributed by atoms with van der Waals surface area (Å²) in [6, 6.07) is 5.94. The molecule has 2 rings (SSSR count). The van der Waals surface area contributed by atoms with Gasteiger partial charge in [-0.25, -0.2) is 0 Å². The van der Waals surface area contributed by atoms with Gasteiger partial charge in [-0.2, -0.15) is 0 Å². The molecular weight excluding hydrogens is 306 g/mol. The van der Waals surface area contributed by atoms with Crippen LogP contribution in [0.3, 0.4) is 0 Å². The van der Waals surface area contributed by atoms with Crippen molar-refractivity contribution in [2.45, 2.75) is 39.7 Å². The van der Waals surface area contributed by atoms with Crippen LogP contribution >= 0.6 is 0 Å². The summed E-state index contributed by atoms with van der Waals surface area (Å²) in [5.41, 5.74) is 2.29. The van der Waals surface area contributed by atoms with Crippen molar-refractivity contribution in [1.29, 1.82) is 0 Å². The van der Waals surface area contributed by atoms with Crippen molar-refractivity contribution in [3.05, 3.63) is 29.3 Å².